The van der Waals surface area contributed by atoms with Crippen LogP contribution in [0.3, 0.4) is 0 Å². The molecule has 0 saturated carbocycles. The van der Waals surface area contributed by atoms with Crippen LogP contribution in [0.1, 0.15) is 31.8 Å². The van der Waals surface area contributed by atoms with Crippen LogP contribution >= 0.6 is 11.3 Å². The summed E-state index contributed by atoms with van der Waals surface area (Å²) in [5, 5.41) is 5.48. The van der Waals surface area contributed by atoms with Gasteiger partial charge in [-0.1, -0.05) is 19.9 Å². The summed E-state index contributed by atoms with van der Waals surface area (Å²) in [5.74, 6) is 0.572. The molecule has 0 spiro atoms. The van der Waals surface area contributed by atoms with E-state index in [1.165, 1.54) is 4.88 Å². The van der Waals surface area contributed by atoms with Crippen molar-refractivity contribution in [3.8, 4) is 0 Å². The second kappa shape index (κ2) is 4.55. The second-order valence-corrected chi connectivity index (χ2v) is 5.41. The Morgan fingerprint density at radius 3 is 2.81 bits per heavy atom. The molecule has 0 radical (unpaired) electrons. The highest BCUT2D eigenvalue weighted by Crippen LogP contribution is 2.30. The molecule has 16 heavy (non-hydrogen) atoms. The van der Waals surface area contributed by atoms with Crippen LogP contribution in [0, 0.1) is 5.92 Å². The van der Waals surface area contributed by atoms with Crippen molar-refractivity contribution in [1.82, 2.24) is 10.2 Å². The van der Waals surface area contributed by atoms with Gasteiger partial charge in [-0.3, -0.25) is 10.1 Å². The fraction of sp³-hybridized carbons (Fsp3) is 0.583. The van der Waals surface area contributed by atoms with Crippen LogP contribution in [0.5, 0.6) is 0 Å². The molecule has 3 nitrogen and oxygen atoms in total. The van der Waals surface area contributed by atoms with Gasteiger partial charge in [-0.2, -0.15) is 0 Å². The van der Waals surface area contributed by atoms with Crippen LogP contribution in [-0.2, 0) is 4.79 Å². The van der Waals surface area contributed by atoms with Crippen molar-refractivity contribution in [2.24, 2.45) is 5.92 Å². The van der Waals surface area contributed by atoms with Gasteiger partial charge in [0.2, 0.25) is 5.91 Å². The fourth-order valence-corrected chi connectivity index (χ4v) is 2.93. The Bertz CT molecular complexity index is 361. The average molecular weight is 238 g/mol. The molecule has 1 aliphatic heterocycles. The van der Waals surface area contributed by atoms with Gasteiger partial charge in [-0.05, 0) is 24.3 Å². The standard InChI is InChI=1S/C12H18N2OS/c1-4-14-11(9-6-5-7-16-9)13-10(8(2)3)12(14)15/h5-8,10-11,13H,4H2,1-3H3. The highest BCUT2D eigenvalue weighted by molar-refractivity contribution is 7.10. The van der Waals surface area contributed by atoms with E-state index < -0.39 is 0 Å². The van der Waals surface area contributed by atoms with Gasteiger partial charge in [0.05, 0.1) is 6.04 Å². The van der Waals surface area contributed by atoms with E-state index in [1.54, 1.807) is 11.3 Å². The molecule has 0 aliphatic carbocycles. The third kappa shape index (κ3) is 1.87. The predicted octanol–water partition coefficient (Wildman–Crippen LogP) is 2.22. The van der Waals surface area contributed by atoms with E-state index in [4.69, 9.17) is 0 Å². The van der Waals surface area contributed by atoms with Crippen LogP contribution in [0.2, 0.25) is 0 Å². The number of amides is 1. The summed E-state index contributed by atoms with van der Waals surface area (Å²) in [4.78, 5) is 15.3. The van der Waals surface area contributed by atoms with Crippen molar-refractivity contribution in [3.05, 3.63) is 22.4 Å². The van der Waals surface area contributed by atoms with Crippen LogP contribution in [-0.4, -0.2) is 23.4 Å². The van der Waals surface area contributed by atoms with Crippen molar-refractivity contribution in [1.29, 1.82) is 0 Å². The minimum atomic E-state index is -0.0351. The van der Waals surface area contributed by atoms with E-state index in [-0.39, 0.29) is 18.1 Å². The van der Waals surface area contributed by atoms with Gasteiger partial charge in [-0.15, -0.1) is 11.3 Å². The maximum atomic E-state index is 12.2. The quantitative estimate of drug-likeness (QED) is 0.875. The number of thiophene rings is 1. The zero-order valence-corrected chi connectivity index (χ0v) is 10.8. The molecular weight excluding hydrogens is 220 g/mol. The molecule has 1 amide bonds. The second-order valence-electron chi connectivity index (χ2n) is 4.43. The molecule has 0 aromatic carbocycles. The van der Waals surface area contributed by atoms with Gasteiger partial charge in [0.1, 0.15) is 6.17 Å². The van der Waals surface area contributed by atoms with Crippen LogP contribution < -0.4 is 5.32 Å². The summed E-state index contributed by atoms with van der Waals surface area (Å²) in [6, 6.07) is 4.08. The van der Waals surface area contributed by atoms with E-state index in [0.717, 1.165) is 6.54 Å². The number of hydrogen-bond acceptors (Lipinski definition) is 3. The third-order valence-corrected chi connectivity index (χ3v) is 3.94. The summed E-state index contributed by atoms with van der Waals surface area (Å²) in [5.41, 5.74) is 0. The van der Waals surface area contributed by atoms with E-state index >= 15 is 0 Å². The molecule has 2 unspecified atom stereocenters. The molecule has 1 saturated heterocycles. The molecule has 2 heterocycles. The molecule has 88 valence electrons. The van der Waals surface area contributed by atoms with Crippen molar-refractivity contribution < 1.29 is 4.79 Å². The van der Waals surface area contributed by atoms with Gasteiger partial charge in [-0.25, -0.2) is 0 Å². The SMILES string of the molecule is CCN1C(=O)C(C(C)C)NC1c1cccs1. The summed E-state index contributed by atoms with van der Waals surface area (Å²) < 4.78 is 0. The first kappa shape index (κ1) is 11.6. The summed E-state index contributed by atoms with van der Waals surface area (Å²) >= 11 is 1.70. The van der Waals surface area contributed by atoms with Gasteiger partial charge < -0.3 is 4.90 Å². The monoisotopic (exact) mass is 238 g/mol. The van der Waals surface area contributed by atoms with E-state index in [9.17, 15) is 4.79 Å². The number of nitrogens with zero attached hydrogens (tertiary/aromatic N) is 1. The fourth-order valence-electron chi connectivity index (χ4n) is 2.14. The zero-order chi connectivity index (χ0) is 11.7. The molecule has 0 bridgehead atoms. The lowest BCUT2D eigenvalue weighted by Gasteiger charge is -2.21. The van der Waals surface area contributed by atoms with Gasteiger partial charge >= 0.3 is 0 Å². The summed E-state index contributed by atoms with van der Waals surface area (Å²) in [7, 11) is 0. The summed E-state index contributed by atoms with van der Waals surface area (Å²) in [6.45, 7) is 6.96. The molecule has 2 rings (SSSR count). The van der Waals surface area contributed by atoms with Gasteiger partial charge in [0, 0.05) is 11.4 Å². The molecule has 4 heteroatoms. The van der Waals surface area contributed by atoms with Crippen LogP contribution in [0.25, 0.3) is 0 Å². The number of rotatable bonds is 3. The first-order chi connectivity index (χ1) is 7.65. The highest BCUT2D eigenvalue weighted by atomic mass is 32.1. The molecule has 1 aromatic rings. The minimum Gasteiger partial charge on any atom is -0.321 e. The highest BCUT2D eigenvalue weighted by Gasteiger charge is 2.40. The molecular formula is C12H18N2OS. The van der Waals surface area contributed by atoms with Gasteiger partial charge in [0.15, 0.2) is 0 Å². The number of carbonyl (C=O) groups excluding carboxylic acids is 1. The van der Waals surface area contributed by atoms with E-state index in [1.807, 2.05) is 17.9 Å². The Hall–Kier alpha value is -0.870. The van der Waals surface area contributed by atoms with Crippen molar-refractivity contribution in [2.75, 3.05) is 6.54 Å². The number of nitrogens with one attached hydrogen (secondary N) is 1. The van der Waals surface area contributed by atoms with E-state index in [2.05, 4.69) is 30.6 Å². The van der Waals surface area contributed by atoms with Crippen LogP contribution in [0.15, 0.2) is 17.5 Å². The number of carbonyl (C=O) groups is 1. The predicted molar refractivity (Wildman–Crippen MR) is 66.2 cm³/mol. The maximum Gasteiger partial charge on any atom is 0.241 e. The minimum absolute atomic E-state index is 0.0351. The lowest BCUT2D eigenvalue weighted by Crippen LogP contribution is -2.34. The topological polar surface area (TPSA) is 32.3 Å². The lowest BCUT2D eigenvalue weighted by molar-refractivity contribution is -0.130. The Kier molecular flexibility index (Phi) is 3.30. The normalized spacial score (nSPS) is 25.8. The third-order valence-electron chi connectivity index (χ3n) is 3.02. The Labute approximate surface area is 100 Å². The molecule has 1 aliphatic rings. The number of likely N-dealkylation sites (N-methyl/N-ethyl adjacent to an activating group) is 1. The Morgan fingerprint density at radius 2 is 2.31 bits per heavy atom. The van der Waals surface area contributed by atoms with E-state index in [0.29, 0.717) is 5.92 Å². The average Bonchev–Trinajstić information content (AvgIpc) is 2.83. The molecule has 1 aromatic heterocycles. The molecule has 1 fully saturated rings. The van der Waals surface area contributed by atoms with Crippen molar-refractivity contribution >= 4 is 17.2 Å². The Balaban J connectivity index is 2.24. The zero-order valence-electron chi connectivity index (χ0n) is 9.93. The summed E-state index contributed by atoms with van der Waals surface area (Å²) in [6.07, 6.45) is 0.0740. The Morgan fingerprint density at radius 1 is 1.56 bits per heavy atom. The first-order valence-electron chi connectivity index (χ1n) is 5.75. The molecule has 2 atom stereocenters. The molecule has 1 N–H and O–H groups in total. The smallest absolute Gasteiger partial charge is 0.241 e. The van der Waals surface area contributed by atoms with Crippen molar-refractivity contribution in [2.45, 2.75) is 33.0 Å². The van der Waals surface area contributed by atoms with Crippen molar-refractivity contribution in [3.63, 3.8) is 0 Å². The lowest BCUT2D eigenvalue weighted by atomic mass is 10.1. The first-order valence-corrected chi connectivity index (χ1v) is 6.63. The van der Waals surface area contributed by atoms with Gasteiger partial charge in [0.25, 0.3) is 0 Å². The number of hydrogen-bond donors (Lipinski definition) is 1. The maximum absolute atomic E-state index is 12.2. The largest absolute Gasteiger partial charge is 0.321 e. The van der Waals surface area contributed by atoms with Crippen LogP contribution in [0.4, 0.5) is 0 Å².